The van der Waals surface area contributed by atoms with E-state index in [1.165, 1.54) is 22.2 Å². The van der Waals surface area contributed by atoms with Crippen LogP contribution >= 0.6 is 23.1 Å². The maximum absolute atomic E-state index is 12.7. The molecule has 4 rings (SSSR count). The Kier molecular flexibility index (Phi) is 5.49. The number of amides is 2. The maximum Gasteiger partial charge on any atom is 0.233 e. The van der Waals surface area contributed by atoms with Crippen molar-refractivity contribution < 1.29 is 14.0 Å². The molecule has 0 saturated heterocycles. The Labute approximate surface area is 169 Å². The molecule has 3 aromatic rings. The number of furan rings is 1. The fourth-order valence-corrected chi connectivity index (χ4v) is 4.84. The van der Waals surface area contributed by atoms with Gasteiger partial charge in [0, 0.05) is 30.9 Å². The van der Waals surface area contributed by atoms with Crippen LogP contribution < -0.4 is 5.73 Å². The Hall–Kier alpha value is -2.59. The molecule has 0 aliphatic carbocycles. The highest BCUT2D eigenvalue weighted by Crippen LogP contribution is 2.27. The largest absolute Gasteiger partial charge is 0.461 e. The summed E-state index contributed by atoms with van der Waals surface area (Å²) in [6.45, 7) is 1.72. The number of primary amides is 1. The highest BCUT2D eigenvalue weighted by Gasteiger charge is 2.23. The van der Waals surface area contributed by atoms with Gasteiger partial charge >= 0.3 is 0 Å². The molecule has 146 valence electrons. The zero-order chi connectivity index (χ0) is 19.5. The zero-order valence-electron chi connectivity index (χ0n) is 15.0. The fourth-order valence-electron chi connectivity index (χ4n) is 3.09. The van der Waals surface area contributed by atoms with Gasteiger partial charge in [-0.1, -0.05) is 11.8 Å². The second-order valence-electron chi connectivity index (χ2n) is 6.37. The number of aromatic nitrogens is 3. The summed E-state index contributed by atoms with van der Waals surface area (Å²) >= 11 is 3.06. The zero-order valence-corrected chi connectivity index (χ0v) is 16.7. The first-order valence-electron chi connectivity index (χ1n) is 8.83. The Morgan fingerprint density at radius 2 is 2.21 bits per heavy atom. The van der Waals surface area contributed by atoms with E-state index in [2.05, 4.69) is 21.6 Å². The minimum atomic E-state index is -0.411. The molecule has 28 heavy (non-hydrogen) atoms. The number of rotatable bonds is 7. The van der Waals surface area contributed by atoms with Crippen molar-refractivity contribution >= 4 is 34.9 Å². The number of hydrogen-bond acceptors (Lipinski definition) is 7. The van der Waals surface area contributed by atoms with Crippen LogP contribution in [0.1, 0.15) is 16.9 Å². The average Bonchev–Trinajstić information content (AvgIpc) is 3.43. The summed E-state index contributed by atoms with van der Waals surface area (Å²) in [5, 5.41) is 11.0. The number of thioether (sulfide) groups is 1. The van der Waals surface area contributed by atoms with Crippen LogP contribution in [0.15, 0.2) is 39.4 Å². The van der Waals surface area contributed by atoms with Gasteiger partial charge in [0.1, 0.15) is 0 Å². The number of carbonyl (C=O) groups is 2. The van der Waals surface area contributed by atoms with E-state index in [4.69, 9.17) is 10.2 Å². The van der Waals surface area contributed by atoms with Crippen molar-refractivity contribution in [1.82, 2.24) is 19.7 Å². The Morgan fingerprint density at radius 1 is 1.32 bits per heavy atom. The van der Waals surface area contributed by atoms with Crippen molar-refractivity contribution in [1.29, 1.82) is 0 Å². The molecule has 10 heteroatoms. The van der Waals surface area contributed by atoms with E-state index in [0.717, 1.165) is 13.0 Å². The first kappa shape index (κ1) is 18.8. The minimum Gasteiger partial charge on any atom is -0.461 e. The van der Waals surface area contributed by atoms with Gasteiger partial charge in [-0.15, -0.1) is 21.5 Å². The van der Waals surface area contributed by atoms with E-state index in [9.17, 15) is 9.59 Å². The molecule has 0 atom stereocenters. The molecule has 3 aromatic heterocycles. The number of carbonyl (C=O) groups excluding carboxylic acids is 2. The van der Waals surface area contributed by atoms with Crippen LogP contribution in [-0.4, -0.2) is 43.8 Å². The highest BCUT2D eigenvalue weighted by molar-refractivity contribution is 7.99. The van der Waals surface area contributed by atoms with E-state index in [1.807, 2.05) is 4.90 Å². The number of hydrogen-bond donors (Lipinski definition) is 1. The smallest absolute Gasteiger partial charge is 0.233 e. The Bertz CT molecular complexity index is 979. The molecule has 8 nitrogen and oxygen atoms in total. The van der Waals surface area contributed by atoms with Crippen LogP contribution in [-0.2, 0) is 29.1 Å². The number of fused-ring (bicyclic) bond motifs is 1. The van der Waals surface area contributed by atoms with Crippen LogP contribution in [0.5, 0.6) is 0 Å². The van der Waals surface area contributed by atoms with Crippen LogP contribution in [0.4, 0.5) is 0 Å². The first-order valence-corrected chi connectivity index (χ1v) is 10.7. The molecule has 0 unspecified atom stereocenters. The van der Waals surface area contributed by atoms with Crippen molar-refractivity contribution in [2.45, 2.75) is 31.1 Å². The van der Waals surface area contributed by atoms with Crippen molar-refractivity contribution in [2.75, 3.05) is 12.3 Å². The topological polar surface area (TPSA) is 107 Å². The van der Waals surface area contributed by atoms with Crippen LogP contribution in [0.2, 0.25) is 0 Å². The summed E-state index contributed by atoms with van der Waals surface area (Å²) in [6, 6.07) is 5.62. The molecule has 0 bridgehead atoms. The lowest BCUT2D eigenvalue weighted by molar-refractivity contribution is -0.129. The predicted octanol–water partition coefficient (Wildman–Crippen LogP) is 2.15. The van der Waals surface area contributed by atoms with Crippen LogP contribution in [0.25, 0.3) is 11.6 Å². The molecule has 1 aliphatic rings. The number of nitrogens with two attached hydrogens (primary N) is 1. The third-order valence-electron chi connectivity index (χ3n) is 4.53. The summed E-state index contributed by atoms with van der Waals surface area (Å²) in [6.07, 6.45) is 2.61. The van der Waals surface area contributed by atoms with E-state index in [1.54, 1.807) is 34.3 Å². The summed E-state index contributed by atoms with van der Waals surface area (Å²) < 4.78 is 7.18. The summed E-state index contributed by atoms with van der Waals surface area (Å²) in [4.78, 5) is 27.1. The standard InChI is InChI=1S/C18H19N5O3S2/c19-15(24)4-7-23-17(13-2-1-8-26-13)20-21-18(23)28-11-16(25)22-6-3-14-12(10-22)5-9-27-14/h1-2,5,8-9H,3-4,6-7,10-11H2,(H2,19,24). The van der Waals surface area contributed by atoms with Crippen molar-refractivity contribution in [3.8, 4) is 11.6 Å². The van der Waals surface area contributed by atoms with E-state index in [0.29, 0.717) is 29.8 Å². The van der Waals surface area contributed by atoms with Gasteiger partial charge in [0.05, 0.1) is 12.0 Å². The fraction of sp³-hybridized carbons (Fsp3) is 0.333. The minimum absolute atomic E-state index is 0.0610. The molecule has 0 fully saturated rings. The van der Waals surface area contributed by atoms with Gasteiger partial charge in [0.25, 0.3) is 0 Å². The second-order valence-corrected chi connectivity index (χ2v) is 8.32. The van der Waals surface area contributed by atoms with E-state index < -0.39 is 5.91 Å². The molecule has 1 aliphatic heterocycles. The average molecular weight is 418 g/mol. The molecule has 0 aromatic carbocycles. The van der Waals surface area contributed by atoms with Gasteiger partial charge in [-0.2, -0.15) is 0 Å². The molecule has 2 N–H and O–H groups in total. The number of nitrogens with zero attached hydrogens (tertiary/aromatic N) is 4. The van der Waals surface area contributed by atoms with Gasteiger partial charge in [-0.05, 0) is 35.6 Å². The first-order chi connectivity index (χ1) is 13.6. The third kappa shape index (κ3) is 3.97. The monoisotopic (exact) mass is 417 g/mol. The summed E-state index contributed by atoms with van der Waals surface area (Å²) in [5.41, 5.74) is 6.53. The lowest BCUT2D eigenvalue weighted by Gasteiger charge is -2.26. The molecule has 0 spiro atoms. The van der Waals surface area contributed by atoms with Crippen molar-refractivity contribution in [3.05, 3.63) is 40.3 Å². The third-order valence-corrected chi connectivity index (χ3v) is 6.50. The van der Waals surface area contributed by atoms with Crippen LogP contribution in [0, 0.1) is 0 Å². The molecule has 2 amide bonds. The van der Waals surface area contributed by atoms with E-state index in [-0.39, 0.29) is 18.1 Å². The number of thiophene rings is 1. The maximum atomic E-state index is 12.7. The van der Waals surface area contributed by atoms with Gasteiger partial charge in [-0.25, -0.2) is 0 Å². The SMILES string of the molecule is NC(=O)CCn1c(SCC(=O)N2CCc3sccc3C2)nnc1-c1ccco1. The summed E-state index contributed by atoms with van der Waals surface area (Å²) in [7, 11) is 0. The van der Waals surface area contributed by atoms with Gasteiger partial charge in [0.15, 0.2) is 16.7 Å². The lowest BCUT2D eigenvalue weighted by Crippen LogP contribution is -2.36. The molecular formula is C18H19N5O3S2. The Balaban J connectivity index is 1.45. The van der Waals surface area contributed by atoms with Gasteiger partial charge in [0.2, 0.25) is 11.8 Å². The van der Waals surface area contributed by atoms with Crippen molar-refractivity contribution in [2.24, 2.45) is 5.73 Å². The molecule has 0 radical (unpaired) electrons. The van der Waals surface area contributed by atoms with Gasteiger partial charge in [-0.3, -0.25) is 14.2 Å². The van der Waals surface area contributed by atoms with Crippen molar-refractivity contribution in [3.63, 3.8) is 0 Å². The van der Waals surface area contributed by atoms with Crippen LogP contribution in [0.3, 0.4) is 0 Å². The van der Waals surface area contributed by atoms with E-state index >= 15 is 0 Å². The molecular weight excluding hydrogens is 398 g/mol. The normalized spacial score (nSPS) is 13.5. The summed E-state index contributed by atoms with van der Waals surface area (Å²) in [5.74, 6) is 0.974. The quantitative estimate of drug-likeness (QED) is 0.590. The Morgan fingerprint density at radius 3 is 3.00 bits per heavy atom. The predicted molar refractivity (Wildman–Crippen MR) is 106 cm³/mol. The second kappa shape index (κ2) is 8.19. The van der Waals surface area contributed by atoms with Gasteiger partial charge < -0.3 is 15.1 Å². The molecule has 4 heterocycles. The molecule has 0 saturated carbocycles. The highest BCUT2D eigenvalue weighted by atomic mass is 32.2. The lowest BCUT2D eigenvalue weighted by atomic mass is 10.1.